The molecule has 0 saturated heterocycles. The lowest BCUT2D eigenvalue weighted by Crippen LogP contribution is -2.20. The Morgan fingerprint density at radius 2 is 1.55 bits per heavy atom. The normalized spacial score (nSPS) is 11.1. The standard InChI is InChI=1S/C26H20N4O3/c1-17(31)18-11-13-20(14-12-18)27-24(32)16-29-22-9-5-6-10-23(22)30-25(33)15-21(28-26(29)30)19-7-3-2-4-8-19/h2-15H,16H2,1H3,(H,27,32). The second-order valence-electron chi connectivity index (χ2n) is 7.74. The zero-order valence-electron chi connectivity index (χ0n) is 17.9. The molecule has 1 amide bonds. The smallest absolute Gasteiger partial charge is 0.260 e. The quantitative estimate of drug-likeness (QED) is 0.419. The van der Waals surface area contributed by atoms with E-state index < -0.39 is 0 Å². The van der Waals surface area contributed by atoms with Crippen molar-refractivity contribution >= 4 is 34.2 Å². The average molecular weight is 436 g/mol. The van der Waals surface area contributed by atoms with E-state index in [4.69, 9.17) is 4.98 Å². The summed E-state index contributed by atoms with van der Waals surface area (Å²) in [5.74, 6) is 0.0849. The molecule has 0 saturated carbocycles. The molecule has 3 aromatic carbocycles. The summed E-state index contributed by atoms with van der Waals surface area (Å²) in [4.78, 5) is 42.2. The molecule has 33 heavy (non-hydrogen) atoms. The van der Waals surface area contributed by atoms with Gasteiger partial charge >= 0.3 is 0 Å². The molecular weight excluding hydrogens is 416 g/mol. The zero-order chi connectivity index (χ0) is 22.9. The molecule has 0 fully saturated rings. The molecule has 0 atom stereocenters. The van der Waals surface area contributed by atoms with Gasteiger partial charge in [-0.15, -0.1) is 0 Å². The number of carbonyl (C=O) groups excluding carboxylic acids is 2. The molecule has 162 valence electrons. The largest absolute Gasteiger partial charge is 0.325 e. The lowest BCUT2D eigenvalue weighted by molar-refractivity contribution is -0.116. The lowest BCUT2D eigenvalue weighted by Gasteiger charge is -2.09. The molecule has 7 heteroatoms. The molecular formula is C26H20N4O3. The molecule has 7 nitrogen and oxygen atoms in total. The van der Waals surface area contributed by atoms with Crippen molar-refractivity contribution in [2.45, 2.75) is 13.5 Å². The van der Waals surface area contributed by atoms with Crippen molar-refractivity contribution in [3.8, 4) is 11.3 Å². The van der Waals surface area contributed by atoms with Gasteiger partial charge in [0, 0.05) is 22.9 Å². The summed E-state index contributed by atoms with van der Waals surface area (Å²) in [5.41, 5.74) is 3.73. The number of anilines is 1. The molecule has 0 aliphatic rings. The average Bonchev–Trinajstić information content (AvgIpc) is 3.14. The van der Waals surface area contributed by atoms with E-state index in [2.05, 4.69) is 5.32 Å². The fourth-order valence-electron chi connectivity index (χ4n) is 3.91. The number of para-hydroxylation sites is 2. The minimum atomic E-state index is -0.270. The molecule has 2 aromatic heterocycles. The molecule has 0 unspecified atom stereocenters. The Kier molecular flexibility index (Phi) is 5.06. The van der Waals surface area contributed by atoms with Gasteiger partial charge < -0.3 is 9.88 Å². The molecule has 2 heterocycles. The highest BCUT2D eigenvalue weighted by atomic mass is 16.2. The van der Waals surface area contributed by atoms with Crippen LogP contribution < -0.4 is 10.9 Å². The number of aromatic nitrogens is 3. The number of nitrogens with one attached hydrogen (secondary N) is 1. The third kappa shape index (κ3) is 3.80. The zero-order valence-corrected chi connectivity index (χ0v) is 17.9. The number of imidazole rings is 1. The van der Waals surface area contributed by atoms with Crippen LogP contribution in [0.15, 0.2) is 89.7 Å². The number of benzene rings is 3. The van der Waals surface area contributed by atoms with Crippen molar-refractivity contribution in [1.82, 2.24) is 14.0 Å². The van der Waals surface area contributed by atoms with Crippen LogP contribution in [-0.2, 0) is 11.3 Å². The summed E-state index contributed by atoms with van der Waals surface area (Å²) in [6, 6.07) is 25.1. The predicted octanol–water partition coefficient (Wildman–Crippen LogP) is 4.16. The second-order valence-corrected chi connectivity index (χ2v) is 7.74. The number of hydrogen-bond donors (Lipinski definition) is 1. The fourth-order valence-corrected chi connectivity index (χ4v) is 3.91. The van der Waals surface area contributed by atoms with E-state index in [1.165, 1.54) is 17.4 Å². The maximum absolute atomic E-state index is 13.0. The monoisotopic (exact) mass is 436 g/mol. The van der Waals surface area contributed by atoms with Crippen LogP contribution in [0.5, 0.6) is 0 Å². The molecule has 5 aromatic rings. The van der Waals surface area contributed by atoms with Crippen molar-refractivity contribution in [2.24, 2.45) is 0 Å². The minimum Gasteiger partial charge on any atom is -0.325 e. The number of fused-ring (bicyclic) bond motifs is 3. The van der Waals surface area contributed by atoms with E-state index in [-0.39, 0.29) is 23.8 Å². The summed E-state index contributed by atoms with van der Waals surface area (Å²) >= 11 is 0. The van der Waals surface area contributed by atoms with Crippen LogP contribution >= 0.6 is 0 Å². The van der Waals surface area contributed by atoms with Crippen molar-refractivity contribution in [2.75, 3.05) is 5.32 Å². The first-order valence-corrected chi connectivity index (χ1v) is 10.5. The molecule has 0 radical (unpaired) electrons. The Bertz CT molecular complexity index is 1570. The first-order chi connectivity index (χ1) is 16.0. The predicted molar refractivity (Wildman–Crippen MR) is 127 cm³/mol. The molecule has 0 aliphatic carbocycles. The van der Waals surface area contributed by atoms with Crippen LogP contribution in [-0.4, -0.2) is 25.6 Å². The van der Waals surface area contributed by atoms with E-state index in [1.54, 1.807) is 28.8 Å². The maximum atomic E-state index is 13.0. The number of hydrogen-bond acceptors (Lipinski definition) is 4. The Hall–Kier alpha value is -4.52. The van der Waals surface area contributed by atoms with Crippen LogP contribution in [0.25, 0.3) is 28.1 Å². The van der Waals surface area contributed by atoms with Crippen molar-refractivity contribution in [1.29, 1.82) is 0 Å². The van der Waals surface area contributed by atoms with Crippen LogP contribution in [0.1, 0.15) is 17.3 Å². The highest BCUT2D eigenvalue weighted by Gasteiger charge is 2.17. The Balaban J connectivity index is 1.57. The second kappa shape index (κ2) is 8.20. The van der Waals surface area contributed by atoms with Gasteiger partial charge in [-0.2, -0.15) is 0 Å². The Morgan fingerprint density at radius 1 is 0.879 bits per heavy atom. The van der Waals surface area contributed by atoms with Gasteiger partial charge in [0.25, 0.3) is 5.56 Å². The van der Waals surface area contributed by atoms with Crippen molar-refractivity contribution in [3.05, 3.63) is 101 Å². The third-order valence-corrected chi connectivity index (χ3v) is 5.50. The lowest BCUT2D eigenvalue weighted by atomic mass is 10.1. The number of Topliss-reactive ketones (excluding diaryl/α,β-unsaturated/α-hetero) is 1. The van der Waals surface area contributed by atoms with E-state index >= 15 is 0 Å². The molecule has 0 spiro atoms. The van der Waals surface area contributed by atoms with Gasteiger partial charge in [-0.05, 0) is 43.3 Å². The van der Waals surface area contributed by atoms with Crippen molar-refractivity contribution in [3.63, 3.8) is 0 Å². The number of rotatable bonds is 5. The van der Waals surface area contributed by atoms with Gasteiger partial charge in [-0.3, -0.25) is 14.4 Å². The van der Waals surface area contributed by atoms with E-state index in [0.717, 1.165) is 11.1 Å². The SMILES string of the molecule is CC(=O)c1ccc(NC(=O)Cn2c3ccccc3n3c(=O)cc(-c4ccccc4)nc23)cc1. The van der Waals surface area contributed by atoms with E-state index in [1.807, 2.05) is 54.6 Å². The fraction of sp³-hybridized carbons (Fsp3) is 0.0769. The number of carbonyl (C=O) groups is 2. The van der Waals surface area contributed by atoms with Gasteiger partial charge in [-0.1, -0.05) is 42.5 Å². The number of ketones is 1. The first kappa shape index (κ1) is 20.4. The number of nitrogens with zero attached hydrogens (tertiary/aromatic N) is 3. The maximum Gasteiger partial charge on any atom is 0.260 e. The minimum absolute atomic E-state index is 0.0316. The summed E-state index contributed by atoms with van der Waals surface area (Å²) < 4.78 is 3.26. The van der Waals surface area contributed by atoms with E-state index in [0.29, 0.717) is 28.2 Å². The molecule has 0 bridgehead atoms. The van der Waals surface area contributed by atoms with Gasteiger partial charge in [0.15, 0.2) is 5.78 Å². The summed E-state index contributed by atoms with van der Waals surface area (Å²) in [5, 5.41) is 2.85. The van der Waals surface area contributed by atoms with Crippen molar-refractivity contribution < 1.29 is 9.59 Å². The topological polar surface area (TPSA) is 85.5 Å². The summed E-state index contributed by atoms with van der Waals surface area (Å²) in [6.07, 6.45) is 0. The highest BCUT2D eigenvalue weighted by Crippen LogP contribution is 2.22. The third-order valence-electron chi connectivity index (χ3n) is 5.50. The van der Waals surface area contributed by atoms with Gasteiger partial charge in [0.1, 0.15) is 6.54 Å². The summed E-state index contributed by atoms with van der Waals surface area (Å²) in [6.45, 7) is 1.46. The molecule has 5 rings (SSSR count). The highest BCUT2D eigenvalue weighted by molar-refractivity contribution is 5.96. The first-order valence-electron chi connectivity index (χ1n) is 10.5. The van der Waals surface area contributed by atoms with Crippen LogP contribution in [0.2, 0.25) is 0 Å². The van der Waals surface area contributed by atoms with E-state index in [9.17, 15) is 14.4 Å². The Labute approximate surface area is 188 Å². The van der Waals surface area contributed by atoms with Gasteiger partial charge in [-0.25, -0.2) is 9.38 Å². The molecule has 0 aliphatic heterocycles. The van der Waals surface area contributed by atoms with Crippen LogP contribution in [0.4, 0.5) is 5.69 Å². The summed E-state index contributed by atoms with van der Waals surface area (Å²) in [7, 11) is 0. The van der Waals surface area contributed by atoms with Crippen LogP contribution in [0.3, 0.4) is 0 Å². The Morgan fingerprint density at radius 3 is 2.24 bits per heavy atom. The van der Waals surface area contributed by atoms with Crippen LogP contribution in [0, 0.1) is 0 Å². The number of amides is 1. The van der Waals surface area contributed by atoms with Gasteiger partial charge in [0.05, 0.1) is 16.7 Å². The molecule has 1 N–H and O–H groups in total. The van der Waals surface area contributed by atoms with Gasteiger partial charge in [0.2, 0.25) is 11.7 Å².